The van der Waals surface area contributed by atoms with E-state index >= 15 is 0 Å². The number of esters is 1. The van der Waals surface area contributed by atoms with E-state index in [0.29, 0.717) is 0 Å². The third-order valence-electron chi connectivity index (χ3n) is 5.49. The van der Waals surface area contributed by atoms with E-state index in [4.69, 9.17) is 11.2 Å². The zero-order valence-corrected chi connectivity index (χ0v) is 20.9. The molecule has 0 spiro atoms. The van der Waals surface area contributed by atoms with Crippen molar-refractivity contribution in [2.45, 2.75) is 37.9 Å². The number of benzene rings is 2. The van der Waals surface area contributed by atoms with E-state index in [-0.39, 0.29) is 28.6 Å². The number of halogens is 5. The molecule has 0 aliphatic rings. The molecule has 3 unspecified atom stereocenters. The Hall–Kier alpha value is -3.58. The van der Waals surface area contributed by atoms with Gasteiger partial charge < -0.3 is 14.7 Å². The molecule has 0 amide bonds. The van der Waals surface area contributed by atoms with E-state index in [9.17, 15) is 41.3 Å². The maximum absolute atomic E-state index is 14.6. The van der Waals surface area contributed by atoms with Gasteiger partial charge in [0, 0.05) is 11.6 Å². The predicted molar refractivity (Wildman–Crippen MR) is 129 cm³/mol. The fourth-order valence-electron chi connectivity index (χ4n) is 3.61. The molecule has 12 heteroatoms. The molecule has 0 aliphatic carbocycles. The molecule has 3 atom stereocenters. The van der Waals surface area contributed by atoms with Gasteiger partial charge in [-0.05, 0) is 29.7 Å². The number of carbonyl (C=O) groups is 1. The van der Waals surface area contributed by atoms with Gasteiger partial charge in [-0.1, -0.05) is 31.9 Å². The number of ether oxygens (including phenoxy) is 1. The minimum absolute atomic E-state index is 0.0459. The highest BCUT2D eigenvalue weighted by Crippen LogP contribution is 2.41. The number of rotatable bonds is 8. The van der Waals surface area contributed by atoms with Crippen molar-refractivity contribution in [3.05, 3.63) is 71.2 Å². The summed E-state index contributed by atoms with van der Waals surface area (Å²) in [4.78, 5) is 26.1. The van der Waals surface area contributed by atoms with Crippen molar-refractivity contribution in [3.63, 3.8) is 0 Å². The second-order valence-electron chi connectivity index (χ2n) is 8.50. The smallest absolute Gasteiger partial charge is 0.313 e. The molecule has 2 N–H and O–H groups in total. The molecule has 2 aromatic carbocycles. The number of terminal acetylenes is 1. The van der Waals surface area contributed by atoms with Gasteiger partial charge in [-0.15, -0.1) is 6.42 Å². The molecule has 0 fully saturated rings. The molecule has 200 valence electrons. The van der Waals surface area contributed by atoms with Crippen LogP contribution in [0.3, 0.4) is 0 Å². The minimum atomic E-state index is -3.39. The summed E-state index contributed by atoms with van der Waals surface area (Å²) >= 11 is 0. The Bertz CT molecular complexity index is 1410. The molecule has 0 radical (unpaired) electrons. The van der Waals surface area contributed by atoms with E-state index < -0.39 is 78.4 Å². The molecule has 0 saturated carbocycles. The fourth-order valence-corrected chi connectivity index (χ4v) is 4.20. The fraction of sp³-hybridized carbons (Fsp3) is 0.231. The SMILES string of the molecule is C#CC(C(O)CC(=O)Oc1c(-c2ccc(F)cc2)cc(-c2c(F)c(F)cc(F)c2F)nc1C(C)C)[PH](=O)O. The maximum atomic E-state index is 14.6. The monoisotopic (exact) mass is 553 g/mol. The molecule has 38 heavy (non-hydrogen) atoms. The van der Waals surface area contributed by atoms with Crippen LogP contribution in [0, 0.1) is 41.4 Å². The normalized spacial score (nSPS) is 13.6. The van der Waals surface area contributed by atoms with Crippen LogP contribution in [0.4, 0.5) is 22.0 Å². The maximum Gasteiger partial charge on any atom is 0.313 e. The van der Waals surface area contributed by atoms with Crippen molar-refractivity contribution in [1.82, 2.24) is 4.98 Å². The lowest BCUT2D eigenvalue weighted by Crippen LogP contribution is -2.27. The summed E-state index contributed by atoms with van der Waals surface area (Å²) in [6.07, 6.45) is 2.62. The van der Waals surface area contributed by atoms with Crippen LogP contribution < -0.4 is 4.74 Å². The highest BCUT2D eigenvalue weighted by atomic mass is 31.1. The first-order valence-electron chi connectivity index (χ1n) is 11.1. The quantitative estimate of drug-likeness (QED) is 0.128. The number of aliphatic hydroxyl groups is 1. The van der Waals surface area contributed by atoms with Crippen molar-refractivity contribution >= 4 is 14.0 Å². The van der Waals surface area contributed by atoms with Crippen LogP contribution in [0.5, 0.6) is 5.75 Å². The Kier molecular flexibility index (Phi) is 9.05. The summed E-state index contributed by atoms with van der Waals surface area (Å²) in [6.45, 7) is 3.16. The first kappa shape index (κ1) is 29.0. The molecule has 6 nitrogen and oxygen atoms in total. The average Bonchev–Trinajstić information content (AvgIpc) is 2.84. The number of carbonyl (C=O) groups excluding carboxylic acids is 1. The molecule has 1 heterocycles. The molecule has 1 aromatic heterocycles. The highest BCUT2D eigenvalue weighted by molar-refractivity contribution is 7.39. The van der Waals surface area contributed by atoms with Crippen LogP contribution in [-0.4, -0.2) is 32.7 Å². The molecule has 3 rings (SSSR count). The lowest BCUT2D eigenvalue weighted by Gasteiger charge is -2.20. The highest BCUT2D eigenvalue weighted by Gasteiger charge is 2.29. The lowest BCUT2D eigenvalue weighted by atomic mass is 9.97. The topological polar surface area (TPSA) is 96.7 Å². The van der Waals surface area contributed by atoms with Gasteiger partial charge in [-0.2, -0.15) is 0 Å². The molecule has 0 saturated heterocycles. The summed E-state index contributed by atoms with van der Waals surface area (Å²) in [6, 6.07) is 5.68. The number of hydrogen-bond donors (Lipinski definition) is 2. The van der Waals surface area contributed by atoms with E-state index in [2.05, 4.69) is 4.98 Å². The Balaban J connectivity index is 2.22. The Morgan fingerprint density at radius 1 is 1.08 bits per heavy atom. The molecular formula is C26H21F5NO5P. The van der Waals surface area contributed by atoms with Crippen molar-refractivity contribution in [2.75, 3.05) is 0 Å². The van der Waals surface area contributed by atoms with Crippen LogP contribution in [0.2, 0.25) is 0 Å². The van der Waals surface area contributed by atoms with Gasteiger partial charge in [0.1, 0.15) is 11.5 Å². The number of hydrogen-bond acceptors (Lipinski definition) is 5. The first-order chi connectivity index (χ1) is 17.8. The van der Waals surface area contributed by atoms with E-state index in [1.807, 2.05) is 5.92 Å². The van der Waals surface area contributed by atoms with Gasteiger partial charge in [0.05, 0.1) is 29.5 Å². The van der Waals surface area contributed by atoms with E-state index in [0.717, 1.165) is 18.2 Å². The number of aliphatic hydroxyl groups excluding tert-OH is 1. The first-order valence-corrected chi connectivity index (χ1v) is 12.5. The number of nitrogens with zero attached hydrogens (tertiary/aromatic N) is 1. The zero-order chi connectivity index (χ0) is 28.3. The Labute approximate surface area is 215 Å². The molecule has 0 bridgehead atoms. The van der Waals surface area contributed by atoms with Crippen LogP contribution >= 0.6 is 8.03 Å². The largest absolute Gasteiger partial charge is 0.424 e. The van der Waals surface area contributed by atoms with Crippen LogP contribution in [0.25, 0.3) is 22.4 Å². The minimum Gasteiger partial charge on any atom is -0.424 e. The summed E-state index contributed by atoms with van der Waals surface area (Å²) in [5.74, 6) is -7.38. The third kappa shape index (κ3) is 6.10. The Morgan fingerprint density at radius 3 is 2.16 bits per heavy atom. The van der Waals surface area contributed by atoms with Crippen LogP contribution in [0.1, 0.15) is 31.9 Å². The second-order valence-corrected chi connectivity index (χ2v) is 9.80. The van der Waals surface area contributed by atoms with Crippen molar-refractivity contribution < 1.29 is 46.0 Å². The molecular weight excluding hydrogens is 532 g/mol. The second kappa shape index (κ2) is 11.9. The van der Waals surface area contributed by atoms with Gasteiger partial charge in [0.15, 0.2) is 29.0 Å². The average molecular weight is 553 g/mol. The zero-order valence-electron chi connectivity index (χ0n) is 19.9. The summed E-state index contributed by atoms with van der Waals surface area (Å²) < 4.78 is 87.6. The predicted octanol–water partition coefficient (Wildman–Crippen LogP) is 5.36. The van der Waals surface area contributed by atoms with Crippen LogP contribution in [0.15, 0.2) is 36.4 Å². The molecule has 0 aliphatic heterocycles. The van der Waals surface area contributed by atoms with E-state index in [1.54, 1.807) is 13.8 Å². The van der Waals surface area contributed by atoms with Gasteiger partial charge in [0.25, 0.3) is 0 Å². The van der Waals surface area contributed by atoms with Gasteiger partial charge >= 0.3 is 5.97 Å². The third-order valence-corrected chi connectivity index (χ3v) is 6.57. The summed E-state index contributed by atoms with van der Waals surface area (Å²) in [5, 5.41) is 10.1. The van der Waals surface area contributed by atoms with Gasteiger partial charge in [-0.3, -0.25) is 9.36 Å². The summed E-state index contributed by atoms with van der Waals surface area (Å²) in [7, 11) is -3.39. The standard InChI is InChI=1S/C26H21F5NO5P/c1-4-20(38(35)36)19(33)11-21(34)37-26-15(13-5-7-14(27)8-6-13)9-18(32-25(26)12(2)3)22-23(30)16(28)10-17(29)24(22)31/h1,5-10,12,19-20,33,38H,11H2,2-3H3,(H,35,36). The van der Waals surface area contributed by atoms with Crippen molar-refractivity contribution in [3.8, 4) is 40.5 Å². The number of pyridine rings is 1. The molecule has 3 aromatic rings. The summed E-state index contributed by atoms with van der Waals surface area (Å²) in [5.41, 5.74) is -3.10. The van der Waals surface area contributed by atoms with Gasteiger partial charge in [0.2, 0.25) is 8.03 Å². The van der Waals surface area contributed by atoms with Crippen molar-refractivity contribution in [1.29, 1.82) is 0 Å². The van der Waals surface area contributed by atoms with Gasteiger partial charge in [-0.25, -0.2) is 26.9 Å². The van der Waals surface area contributed by atoms with Crippen LogP contribution in [-0.2, 0) is 9.36 Å². The number of aromatic nitrogens is 1. The van der Waals surface area contributed by atoms with Crippen molar-refractivity contribution in [2.24, 2.45) is 0 Å². The van der Waals surface area contributed by atoms with E-state index in [1.165, 1.54) is 12.1 Å². The lowest BCUT2D eigenvalue weighted by molar-refractivity contribution is -0.136. The Morgan fingerprint density at radius 2 is 1.66 bits per heavy atom.